The fourth-order valence-corrected chi connectivity index (χ4v) is 3.11. The van der Waals surface area contributed by atoms with E-state index in [9.17, 15) is 10.4 Å². The summed E-state index contributed by atoms with van der Waals surface area (Å²) < 4.78 is 6.18. The zero-order valence-corrected chi connectivity index (χ0v) is 17.3. The third kappa shape index (κ3) is 4.59. The molecule has 0 fully saturated rings. The van der Waals surface area contributed by atoms with Crippen molar-refractivity contribution in [2.24, 2.45) is 5.73 Å². The van der Waals surface area contributed by atoms with Crippen molar-refractivity contribution in [1.29, 1.82) is 5.26 Å². The molecule has 1 atom stereocenters. The standard InChI is InChI=1S/C24H20N6O2/c1-15-8-18(10-21(30-15)20-4-2-3-7-27-20)32-23-9-16(11-25)5-6-19(23)24-28-13-17(14-29-24)22(31)12-26/h2-10,13-14,22,31H,12,26H2,1H3. The van der Waals surface area contributed by atoms with E-state index in [1.54, 1.807) is 36.5 Å². The molecule has 1 unspecified atom stereocenters. The average Bonchev–Trinajstić information content (AvgIpc) is 2.84. The van der Waals surface area contributed by atoms with Crippen molar-refractivity contribution in [2.75, 3.05) is 6.54 Å². The molecule has 0 spiro atoms. The molecular weight excluding hydrogens is 404 g/mol. The van der Waals surface area contributed by atoms with Crippen LogP contribution in [-0.4, -0.2) is 31.6 Å². The third-order valence-electron chi connectivity index (χ3n) is 4.71. The van der Waals surface area contributed by atoms with Crippen LogP contribution in [0.1, 0.15) is 22.9 Å². The minimum Gasteiger partial charge on any atom is -0.456 e. The molecule has 0 amide bonds. The smallest absolute Gasteiger partial charge is 0.162 e. The Bertz CT molecular complexity index is 1270. The van der Waals surface area contributed by atoms with Gasteiger partial charge in [-0.15, -0.1) is 0 Å². The summed E-state index contributed by atoms with van der Waals surface area (Å²) in [5.41, 5.74) is 9.23. The first-order valence-corrected chi connectivity index (χ1v) is 9.90. The fourth-order valence-electron chi connectivity index (χ4n) is 3.11. The van der Waals surface area contributed by atoms with Crippen LogP contribution in [0.25, 0.3) is 22.8 Å². The number of aryl methyl sites for hydroxylation is 1. The summed E-state index contributed by atoms with van der Waals surface area (Å²) in [5.74, 6) is 1.37. The van der Waals surface area contributed by atoms with Crippen LogP contribution in [0.4, 0.5) is 0 Å². The molecule has 158 valence electrons. The maximum Gasteiger partial charge on any atom is 0.162 e. The highest BCUT2D eigenvalue weighted by Gasteiger charge is 2.14. The second-order valence-corrected chi connectivity index (χ2v) is 7.06. The summed E-state index contributed by atoms with van der Waals surface area (Å²) in [6.45, 7) is 1.95. The number of ether oxygens (including phenoxy) is 1. The van der Waals surface area contributed by atoms with Crippen molar-refractivity contribution < 1.29 is 9.84 Å². The number of nitrogens with zero attached hydrogens (tertiary/aromatic N) is 5. The van der Waals surface area contributed by atoms with Gasteiger partial charge in [0.05, 0.1) is 34.7 Å². The average molecular weight is 424 g/mol. The summed E-state index contributed by atoms with van der Waals surface area (Å²) in [6.07, 6.45) is 3.93. The van der Waals surface area contributed by atoms with Crippen molar-refractivity contribution in [1.82, 2.24) is 19.9 Å². The molecule has 8 heteroatoms. The molecule has 0 saturated carbocycles. The van der Waals surface area contributed by atoms with E-state index < -0.39 is 6.10 Å². The lowest BCUT2D eigenvalue weighted by atomic mass is 10.1. The number of hydrogen-bond acceptors (Lipinski definition) is 8. The van der Waals surface area contributed by atoms with Gasteiger partial charge in [0.1, 0.15) is 11.5 Å². The van der Waals surface area contributed by atoms with Gasteiger partial charge in [-0.2, -0.15) is 5.26 Å². The predicted molar refractivity (Wildman–Crippen MR) is 118 cm³/mol. The lowest BCUT2D eigenvalue weighted by Gasteiger charge is -2.13. The Balaban J connectivity index is 1.73. The van der Waals surface area contributed by atoms with E-state index in [0.29, 0.717) is 39.7 Å². The van der Waals surface area contributed by atoms with Gasteiger partial charge in [-0.3, -0.25) is 9.97 Å². The second-order valence-electron chi connectivity index (χ2n) is 7.06. The highest BCUT2D eigenvalue weighted by Crippen LogP contribution is 2.34. The molecule has 4 rings (SSSR count). The number of hydrogen-bond donors (Lipinski definition) is 2. The largest absolute Gasteiger partial charge is 0.456 e. The van der Waals surface area contributed by atoms with Gasteiger partial charge in [0.2, 0.25) is 0 Å². The Hall–Kier alpha value is -4.19. The van der Waals surface area contributed by atoms with E-state index in [1.807, 2.05) is 25.1 Å². The van der Waals surface area contributed by atoms with E-state index >= 15 is 0 Å². The van der Waals surface area contributed by atoms with Crippen molar-refractivity contribution in [3.8, 4) is 40.3 Å². The van der Waals surface area contributed by atoms with Crippen molar-refractivity contribution in [2.45, 2.75) is 13.0 Å². The SMILES string of the molecule is Cc1cc(Oc2cc(C#N)ccc2-c2ncc(C(O)CN)cn2)cc(-c2ccccn2)n1. The first-order valence-electron chi connectivity index (χ1n) is 9.90. The number of pyridine rings is 2. The van der Waals surface area contributed by atoms with Gasteiger partial charge >= 0.3 is 0 Å². The summed E-state index contributed by atoms with van der Waals surface area (Å²) in [6, 6.07) is 16.4. The molecule has 0 aliphatic heterocycles. The normalized spacial score (nSPS) is 11.6. The topological polar surface area (TPSA) is 131 Å². The second kappa shape index (κ2) is 9.31. The van der Waals surface area contributed by atoms with E-state index in [2.05, 4.69) is 26.0 Å². The molecule has 0 aliphatic carbocycles. The van der Waals surface area contributed by atoms with Crippen molar-refractivity contribution >= 4 is 0 Å². The lowest BCUT2D eigenvalue weighted by Crippen LogP contribution is -2.12. The summed E-state index contributed by atoms with van der Waals surface area (Å²) in [4.78, 5) is 17.6. The van der Waals surface area contributed by atoms with Crippen LogP contribution in [0.5, 0.6) is 11.5 Å². The number of rotatable bonds is 6. The zero-order valence-electron chi connectivity index (χ0n) is 17.3. The molecule has 0 radical (unpaired) electrons. The first-order chi connectivity index (χ1) is 15.6. The number of nitrogens with two attached hydrogens (primary N) is 1. The maximum absolute atomic E-state index is 9.88. The van der Waals surface area contributed by atoms with Crippen LogP contribution in [-0.2, 0) is 0 Å². The van der Waals surface area contributed by atoms with Gasteiger partial charge in [0, 0.05) is 48.5 Å². The Morgan fingerprint density at radius 3 is 2.56 bits per heavy atom. The summed E-state index contributed by atoms with van der Waals surface area (Å²) >= 11 is 0. The molecule has 0 saturated heterocycles. The quantitative estimate of drug-likeness (QED) is 0.480. The van der Waals surface area contributed by atoms with Crippen LogP contribution in [0.15, 0.2) is 67.1 Å². The van der Waals surface area contributed by atoms with Crippen LogP contribution in [0, 0.1) is 18.3 Å². The highest BCUT2D eigenvalue weighted by atomic mass is 16.5. The first kappa shape index (κ1) is 21.1. The van der Waals surface area contributed by atoms with E-state index in [1.165, 1.54) is 12.4 Å². The third-order valence-corrected chi connectivity index (χ3v) is 4.71. The summed E-state index contributed by atoms with van der Waals surface area (Å²) in [5, 5.41) is 19.2. The molecule has 32 heavy (non-hydrogen) atoms. The van der Waals surface area contributed by atoms with Crippen LogP contribution in [0.3, 0.4) is 0 Å². The van der Waals surface area contributed by atoms with Gasteiger partial charge in [0.25, 0.3) is 0 Å². The number of aliphatic hydroxyl groups is 1. The molecule has 3 heterocycles. The molecule has 3 N–H and O–H groups in total. The number of benzene rings is 1. The van der Waals surface area contributed by atoms with Crippen LogP contribution in [0.2, 0.25) is 0 Å². The molecule has 3 aromatic heterocycles. The van der Waals surface area contributed by atoms with Gasteiger partial charge in [-0.05, 0) is 37.3 Å². The predicted octanol–water partition coefficient (Wildman–Crippen LogP) is 3.57. The molecule has 1 aromatic carbocycles. The van der Waals surface area contributed by atoms with Crippen LogP contribution < -0.4 is 10.5 Å². The zero-order chi connectivity index (χ0) is 22.5. The maximum atomic E-state index is 9.88. The Kier molecular flexibility index (Phi) is 6.12. The van der Waals surface area contributed by atoms with Gasteiger partial charge in [0.15, 0.2) is 5.82 Å². The number of nitriles is 1. The highest BCUT2D eigenvalue weighted by molar-refractivity contribution is 5.67. The van der Waals surface area contributed by atoms with E-state index in [0.717, 1.165) is 11.4 Å². The molecule has 8 nitrogen and oxygen atoms in total. The lowest BCUT2D eigenvalue weighted by molar-refractivity contribution is 0.186. The fraction of sp³-hybridized carbons (Fsp3) is 0.125. The molecule has 0 aliphatic rings. The van der Waals surface area contributed by atoms with Crippen molar-refractivity contribution in [3.63, 3.8) is 0 Å². The van der Waals surface area contributed by atoms with Gasteiger partial charge in [-0.1, -0.05) is 6.07 Å². The number of aliphatic hydroxyl groups excluding tert-OH is 1. The number of aromatic nitrogens is 4. The molecule has 0 bridgehead atoms. The van der Waals surface area contributed by atoms with Crippen molar-refractivity contribution in [3.05, 3.63) is 83.9 Å². The minimum atomic E-state index is -0.828. The Labute approximate surface area is 185 Å². The van der Waals surface area contributed by atoms with Gasteiger partial charge < -0.3 is 15.6 Å². The van der Waals surface area contributed by atoms with E-state index in [-0.39, 0.29) is 6.54 Å². The van der Waals surface area contributed by atoms with Crippen LogP contribution >= 0.6 is 0 Å². The molecular formula is C24H20N6O2. The summed E-state index contributed by atoms with van der Waals surface area (Å²) in [7, 11) is 0. The van der Waals surface area contributed by atoms with E-state index in [4.69, 9.17) is 10.5 Å². The Morgan fingerprint density at radius 1 is 1.06 bits per heavy atom. The minimum absolute atomic E-state index is 0.0773. The molecule has 4 aromatic rings. The van der Waals surface area contributed by atoms with Gasteiger partial charge in [-0.25, -0.2) is 9.97 Å². The Morgan fingerprint density at radius 2 is 1.88 bits per heavy atom. The monoisotopic (exact) mass is 424 g/mol.